The van der Waals surface area contributed by atoms with Crippen LogP contribution in [0.25, 0.3) is 10.9 Å². The molecule has 94 valence electrons. The van der Waals surface area contributed by atoms with Crippen LogP contribution in [0, 0.1) is 5.82 Å². The molecule has 4 heteroatoms. The Kier molecular flexibility index (Phi) is 2.76. The highest BCUT2D eigenvalue weighted by Gasteiger charge is 2.10. The number of anilines is 2. The van der Waals surface area contributed by atoms with Crippen molar-refractivity contribution in [1.29, 1.82) is 0 Å². The van der Waals surface area contributed by atoms with E-state index in [1.807, 2.05) is 24.3 Å². The summed E-state index contributed by atoms with van der Waals surface area (Å²) in [5, 5.41) is 3.95. The molecule has 0 fully saturated rings. The molecule has 3 rings (SSSR count). The van der Waals surface area contributed by atoms with Crippen molar-refractivity contribution < 1.29 is 9.18 Å². The highest BCUT2D eigenvalue weighted by molar-refractivity contribution is 6.03. The van der Waals surface area contributed by atoms with Crippen molar-refractivity contribution in [2.45, 2.75) is 0 Å². The molecule has 0 atom stereocenters. The number of aromatic nitrogens is 1. The van der Waals surface area contributed by atoms with Gasteiger partial charge in [0.05, 0.1) is 5.56 Å². The summed E-state index contributed by atoms with van der Waals surface area (Å²) in [6.07, 6.45) is 0.810. The van der Waals surface area contributed by atoms with E-state index in [0.29, 0.717) is 11.4 Å². The molecular formula is C15H11FN2O. The fraction of sp³-hybridized carbons (Fsp3) is 0. The van der Waals surface area contributed by atoms with E-state index in [-0.39, 0.29) is 5.82 Å². The number of nitrogens with one attached hydrogen (secondary N) is 2. The van der Waals surface area contributed by atoms with E-state index in [4.69, 9.17) is 0 Å². The number of benzene rings is 2. The first-order valence-electron chi connectivity index (χ1n) is 5.86. The summed E-state index contributed by atoms with van der Waals surface area (Å²) in [6, 6.07) is 13.5. The lowest BCUT2D eigenvalue weighted by Crippen LogP contribution is -1.93. The largest absolute Gasteiger partial charge is 0.341 e. The summed E-state index contributed by atoms with van der Waals surface area (Å²) in [7, 11) is 0. The third-order valence-corrected chi connectivity index (χ3v) is 2.98. The van der Waals surface area contributed by atoms with Crippen molar-refractivity contribution in [3.05, 3.63) is 59.9 Å². The number of para-hydroxylation sites is 1. The molecule has 0 aliphatic heterocycles. The van der Waals surface area contributed by atoms with Gasteiger partial charge in [0.2, 0.25) is 0 Å². The number of aldehydes is 1. The van der Waals surface area contributed by atoms with Gasteiger partial charge in [-0.2, -0.15) is 0 Å². The van der Waals surface area contributed by atoms with Gasteiger partial charge in [-0.15, -0.1) is 0 Å². The second-order valence-electron chi connectivity index (χ2n) is 4.21. The van der Waals surface area contributed by atoms with E-state index in [9.17, 15) is 9.18 Å². The van der Waals surface area contributed by atoms with Gasteiger partial charge in [-0.05, 0) is 30.3 Å². The van der Waals surface area contributed by atoms with Gasteiger partial charge >= 0.3 is 0 Å². The first-order valence-corrected chi connectivity index (χ1v) is 5.86. The van der Waals surface area contributed by atoms with E-state index in [1.165, 1.54) is 12.1 Å². The number of hydrogen-bond acceptors (Lipinski definition) is 2. The molecule has 0 radical (unpaired) electrons. The minimum atomic E-state index is -0.294. The van der Waals surface area contributed by atoms with Gasteiger partial charge < -0.3 is 10.3 Å². The summed E-state index contributed by atoms with van der Waals surface area (Å²) < 4.78 is 12.8. The highest BCUT2D eigenvalue weighted by Crippen LogP contribution is 2.27. The number of carbonyl (C=O) groups is 1. The first kappa shape index (κ1) is 11.5. The van der Waals surface area contributed by atoms with E-state index in [0.717, 1.165) is 22.9 Å². The van der Waals surface area contributed by atoms with Crippen LogP contribution in [-0.4, -0.2) is 11.3 Å². The van der Waals surface area contributed by atoms with Crippen LogP contribution in [-0.2, 0) is 0 Å². The molecule has 2 N–H and O–H groups in total. The van der Waals surface area contributed by atoms with Crippen molar-refractivity contribution in [3.8, 4) is 0 Å². The third kappa shape index (κ3) is 2.08. The van der Waals surface area contributed by atoms with Crippen LogP contribution in [0.3, 0.4) is 0 Å². The molecular weight excluding hydrogens is 243 g/mol. The van der Waals surface area contributed by atoms with Crippen molar-refractivity contribution in [1.82, 2.24) is 4.98 Å². The molecule has 0 saturated carbocycles. The Hall–Kier alpha value is -2.62. The fourth-order valence-electron chi connectivity index (χ4n) is 2.06. The van der Waals surface area contributed by atoms with Crippen LogP contribution >= 0.6 is 0 Å². The number of H-pyrrole nitrogens is 1. The lowest BCUT2D eigenvalue weighted by atomic mass is 10.2. The van der Waals surface area contributed by atoms with E-state index >= 15 is 0 Å². The standard InChI is InChI=1S/C15H11FN2O/c16-10-5-7-11(8-6-10)17-15-13(9-19)12-3-1-2-4-14(12)18-15/h1-9,17-18H. The Balaban J connectivity index is 2.05. The zero-order valence-corrected chi connectivity index (χ0v) is 9.98. The number of aromatic amines is 1. The quantitative estimate of drug-likeness (QED) is 0.697. The second-order valence-corrected chi connectivity index (χ2v) is 4.21. The molecule has 0 saturated heterocycles. The predicted molar refractivity (Wildman–Crippen MR) is 73.4 cm³/mol. The zero-order valence-electron chi connectivity index (χ0n) is 9.98. The molecule has 2 aromatic carbocycles. The van der Waals surface area contributed by atoms with E-state index in [1.54, 1.807) is 12.1 Å². The maximum absolute atomic E-state index is 12.8. The normalized spacial score (nSPS) is 10.6. The molecule has 0 bridgehead atoms. The predicted octanol–water partition coefficient (Wildman–Crippen LogP) is 3.86. The Morgan fingerprint density at radius 2 is 1.79 bits per heavy atom. The van der Waals surface area contributed by atoms with Crippen molar-refractivity contribution in [2.24, 2.45) is 0 Å². The van der Waals surface area contributed by atoms with Gasteiger partial charge in [-0.3, -0.25) is 4.79 Å². The number of halogens is 1. The average molecular weight is 254 g/mol. The lowest BCUT2D eigenvalue weighted by molar-refractivity contribution is 0.112. The number of carbonyl (C=O) groups excluding carboxylic acids is 1. The summed E-state index contributed by atoms with van der Waals surface area (Å²) in [5.74, 6) is 0.320. The van der Waals surface area contributed by atoms with Crippen LogP contribution in [0.1, 0.15) is 10.4 Å². The smallest absolute Gasteiger partial charge is 0.154 e. The summed E-state index contributed by atoms with van der Waals surface area (Å²) in [6.45, 7) is 0. The molecule has 3 nitrogen and oxygen atoms in total. The Labute approximate surface area is 109 Å². The first-order chi connectivity index (χ1) is 9.28. The maximum Gasteiger partial charge on any atom is 0.154 e. The molecule has 1 heterocycles. The Morgan fingerprint density at radius 3 is 2.53 bits per heavy atom. The van der Waals surface area contributed by atoms with Gasteiger partial charge in [0.25, 0.3) is 0 Å². The number of rotatable bonds is 3. The number of fused-ring (bicyclic) bond motifs is 1. The second kappa shape index (κ2) is 4.57. The minimum Gasteiger partial charge on any atom is -0.341 e. The SMILES string of the molecule is O=Cc1c(Nc2ccc(F)cc2)[nH]c2ccccc12. The number of hydrogen-bond donors (Lipinski definition) is 2. The van der Waals surface area contributed by atoms with Crippen LogP contribution < -0.4 is 5.32 Å². The van der Waals surface area contributed by atoms with Gasteiger partial charge in [-0.25, -0.2) is 4.39 Å². The van der Waals surface area contributed by atoms with Gasteiger partial charge in [0.15, 0.2) is 6.29 Å². The van der Waals surface area contributed by atoms with Crippen molar-refractivity contribution in [2.75, 3.05) is 5.32 Å². The van der Waals surface area contributed by atoms with Gasteiger partial charge in [-0.1, -0.05) is 18.2 Å². The molecule has 0 unspecified atom stereocenters. The van der Waals surface area contributed by atoms with Gasteiger partial charge in [0.1, 0.15) is 11.6 Å². The summed E-state index contributed by atoms with van der Waals surface area (Å²) in [4.78, 5) is 14.4. The van der Waals surface area contributed by atoms with E-state index in [2.05, 4.69) is 10.3 Å². The molecule has 0 aliphatic carbocycles. The lowest BCUT2D eigenvalue weighted by Gasteiger charge is -2.04. The third-order valence-electron chi connectivity index (χ3n) is 2.98. The fourth-order valence-corrected chi connectivity index (χ4v) is 2.06. The van der Waals surface area contributed by atoms with E-state index < -0.39 is 0 Å². The average Bonchev–Trinajstić information content (AvgIpc) is 2.78. The van der Waals surface area contributed by atoms with Gasteiger partial charge in [0, 0.05) is 16.6 Å². The van der Waals surface area contributed by atoms with Crippen LogP contribution in [0.4, 0.5) is 15.9 Å². The Morgan fingerprint density at radius 1 is 1.05 bits per heavy atom. The molecule has 19 heavy (non-hydrogen) atoms. The zero-order chi connectivity index (χ0) is 13.2. The molecule has 3 aromatic rings. The molecule has 1 aromatic heterocycles. The van der Waals surface area contributed by atoms with Crippen molar-refractivity contribution >= 4 is 28.7 Å². The highest BCUT2D eigenvalue weighted by atomic mass is 19.1. The minimum absolute atomic E-state index is 0.294. The van der Waals surface area contributed by atoms with Crippen molar-refractivity contribution in [3.63, 3.8) is 0 Å². The monoisotopic (exact) mass is 254 g/mol. The molecule has 0 aliphatic rings. The van der Waals surface area contributed by atoms with Crippen LogP contribution in [0.15, 0.2) is 48.5 Å². The maximum atomic E-state index is 12.8. The van der Waals surface area contributed by atoms with Crippen LogP contribution in [0.5, 0.6) is 0 Å². The topological polar surface area (TPSA) is 44.9 Å². The van der Waals surface area contributed by atoms with Crippen LogP contribution in [0.2, 0.25) is 0 Å². The molecule has 0 amide bonds. The summed E-state index contributed by atoms with van der Waals surface area (Å²) in [5.41, 5.74) is 2.17. The molecule has 0 spiro atoms. The summed E-state index contributed by atoms with van der Waals surface area (Å²) >= 11 is 0. The Bertz CT molecular complexity index is 731.